The number of carbonyl (C=O) groups excluding carboxylic acids is 1. The maximum Gasteiger partial charge on any atom is 0.302 e. The molecule has 1 aliphatic carbocycles. The van der Waals surface area contributed by atoms with Crippen molar-refractivity contribution >= 4 is 16.7 Å². The van der Waals surface area contributed by atoms with Crippen LogP contribution in [0.2, 0.25) is 0 Å². The third-order valence-corrected chi connectivity index (χ3v) is 5.88. The Kier molecular flexibility index (Phi) is 7.45. The lowest BCUT2D eigenvalue weighted by Gasteiger charge is -2.21. The lowest BCUT2D eigenvalue weighted by Crippen LogP contribution is -2.28. The molecule has 2 atom stereocenters. The van der Waals surface area contributed by atoms with Gasteiger partial charge in [-0.2, -0.15) is 0 Å². The fraction of sp³-hybridized carbons (Fsp3) is 0.565. The van der Waals surface area contributed by atoms with E-state index >= 15 is 0 Å². The van der Waals surface area contributed by atoms with Crippen molar-refractivity contribution in [2.45, 2.75) is 64.6 Å². The Morgan fingerprint density at radius 1 is 1.21 bits per heavy atom. The molecule has 1 unspecified atom stereocenters. The Bertz CT molecular complexity index is 884. The summed E-state index contributed by atoms with van der Waals surface area (Å²) in [4.78, 5) is 24.0. The highest BCUT2D eigenvalue weighted by atomic mass is 16.5. The second-order valence-electron chi connectivity index (χ2n) is 8.16. The molecule has 2 aromatic rings. The fourth-order valence-corrected chi connectivity index (χ4v) is 4.18. The maximum absolute atomic E-state index is 13.0. The van der Waals surface area contributed by atoms with E-state index in [9.17, 15) is 14.7 Å². The average molecular weight is 401 g/mol. The van der Waals surface area contributed by atoms with Crippen LogP contribution in [0.5, 0.6) is 0 Å². The van der Waals surface area contributed by atoms with Crippen molar-refractivity contribution in [3.8, 4) is 0 Å². The molecule has 1 aromatic heterocycles. The Morgan fingerprint density at radius 2 is 1.93 bits per heavy atom. The highest BCUT2D eigenvalue weighted by molar-refractivity contribution is 5.85. The first-order valence-electron chi connectivity index (χ1n) is 10.7. The van der Waals surface area contributed by atoms with Gasteiger partial charge in [-0.15, -0.1) is 0 Å². The summed E-state index contributed by atoms with van der Waals surface area (Å²) in [6.45, 7) is 4.12. The summed E-state index contributed by atoms with van der Waals surface area (Å²) >= 11 is 0. The molecule has 0 amide bonds. The van der Waals surface area contributed by atoms with Gasteiger partial charge in [-0.25, -0.2) is 0 Å². The van der Waals surface area contributed by atoms with Gasteiger partial charge in [0.05, 0.1) is 6.04 Å². The van der Waals surface area contributed by atoms with Crippen LogP contribution < -0.4 is 10.9 Å². The van der Waals surface area contributed by atoms with Gasteiger partial charge in [-0.1, -0.05) is 37.8 Å². The predicted molar refractivity (Wildman–Crippen MR) is 114 cm³/mol. The number of aromatic nitrogens is 1. The van der Waals surface area contributed by atoms with E-state index in [-0.39, 0.29) is 24.2 Å². The van der Waals surface area contributed by atoms with Crippen LogP contribution in [0.1, 0.15) is 70.2 Å². The predicted octanol–water partition coefficient (Wildman–Crippen LogP) is 3.68. The molecule has 6 heteroatoms. The van der Waals surface area contributed by atoms with Gasteiger partial charge in [0.2, 0.25) is 0 Å². The normalized spacial score (nSPS) is 17.6. The second-order valence-corrected chi connectivity index (χ2v) is 8.16. The first-order valence-corrected chi connectivity index (χ1v) is 10.7. The Hall–Kier alpha value is -2.18. The van der Waals surface area contributed by atoms with Crippen LogP contribution in [0.3, 0.4) is 0 Å². The van der Waals surface area contributed by atoms with Crippen LogP contribution in [0.25, 0.3) is 10.8 Å². The molecule has 1 heterocycles. The van der Waals surface area contributed by atoms with E-state index in [4.69, 9.17) is 4.74 Å². The van der Waals surface area contributed by atoms with Gasteiger partial charge in [0.1, 0.15) is 12.8 Å². The third-order valence-electron chi connectivity index (χ3n) is 5.88. The fourth-order valence-electron chi connectivity index (χ4n) is 4.18. The van der Waals surface area contributed by atoms with E-state index in [1.807, 2.05) is 19.1 Å². The second kappa shape index (κ2) is 10.0. The standard InChI is InChI=1S/C23H32N2O4/c1-16(15-29-17(2)26)25-13-12-19-20(10-7-11-21(19)23(25)28)22(27)24-14-18-8-5-3-4-6-9-18/h7,10-13,16,18,22,24,27H,3-6,8-9,14-15H2,1-2H3/t16-,22?/m1/s1. The van der Waals surface area contributed by atoms with Gasteiger partial charge in [0, 0.05) is 30.6 Å². The third kappa shape index (κ3) is 5.46. The molecule has 1 aromatic carbocycles. The molecule has 1 saturated carbocycles. The van der Waals surface area contributed by atoms with E-state index in [0.717, 1.165) is 11.9 Å². The number of aliphatic hydroxyl groups excluding tert-OH is 1. The Labute approximate surface area is 171 Å². The van der Waals surface area contributed by atoms with E-state index in [1.54, 1.807) is 22.9 Å². The van der Waals surface area contributed by atoms with Crippen molar-refractivity contribution in [2.75, 3.05) is 13.2 Å². The van der Waals surface area contributed by atoms with E-state index in [1.165, 1.54) is 45.4 Å². The molecule has 2 N–H and O–H groups in total. The first-order chi connectivity index (χ1) is 14.0. The largest absolute Gasteiger partial charge is 0.464 e. The monoisotopic (exact) mass is 400 g/mol. The topological polar surface area (TPSA) is 80.6 Å². The molecule has 1 aliphatic rings. The molecule has 0 bridgehead atoms. The molecule has 0 spiro atoms. The average Bonchev–Trinajstić information content (AvgIpc) is 2.99. The number of nitrogens with one attached hydrogen (secondary N) is 1. The summed E-state index contributed by atoms with van der Waals surface area (Å²) in [7, 11) is 0. The van der Waals surface area contributed by atoms with Crippen LogP contribution in [0.15, 0.2) is 35.3 Å². The molecular formula is C23H32N2O4. The van der Waals surface area contributed by atoms with Crippen LogP contribution in [-0.2, 0) is 9.53 Å². The quantitative estimate of drug-likeness (QED) is 0.421. The van der Waals surface area contributed by atoms with E-state index < -0.39 is 6.23 Å². The summed E-state index contributed by atoms with van der Waals surface area (Å²) in [5.41, 5.74) is 0.563. The number of hydrogen-bond donors (Lipinski definition) is 2. The van der Waals surface area contributed by atoms with Crippen molar-refractivity contribution in [3.05, 3.63) is 46.4 Å². The van der Waals surface area contributed by atoms with Crippen molar-refractivity contribution in [2.24, 2.45) is 5.92 Å². The zero-order chi connectivity index (χ0) is 20.8. The van der Waals surface area contributed by atoms with Gasteiger partial charge >= 0.3 is 5.97 Å². The Balaban J connectivity index is 1.77. The molecule has 1 fully saturated rings. The summed E-state index contributed by atoms with van der Waals surface area (Å²) in [5.74, 6) is 0.234. The van der Waals surface area contributed by atoms with Gasteiger partial charge in [0.25, 0.3) is 5.56 Å². The van der Waals surface area contributed by atoms with Crippen LogP contribution >= 0.6 is 0 Å². The van der Waals surface area contributed by atoms with Gasteiger partial charge in [0.15, 0.2) is 0 Å². The minimum atomic E-state index is -0.810. The minimum Gasteiger partial charge on any atom is -0.464 e. The summed E-state index contributed by atoms with van der Waals surface area (Å²) in [6, 6.07) is 7.02. The van der Waals surface area contributed by atoms with Gasteiger partial charge < -0.3 is 14.4 Å². The van der Waals surface area contributed by atoms with Crippen molar-refractivity contribution in [3.63, 3.8) is 0 Å². The summed E-state index contributed by atoms with van der Waals surface area (Å²) in [5, 5.41) is 15.3. The lowest BCUT2D eigenvalue weighted by atomic mass is 9.99. The maximum atomic E-state index is 13.0. The lowest BCUT2D eigenvalue weighted by molar-refractivity contribution is -0.141. The van der Waals surface area contributed by atoms with Crippen LogP contribution in [-0.4, -0.2) is 28.8 Å². The van der Waals surface area contributed by atoms with Crippen molar-refractivity contribution in [1.82, 2.24) is 9.88 Å². The number of aliphatic hydroxyl groups is 1. The number of nitrogens with zero attached hydrogens (tertiary/aromatic N) is 1. The summed E-state index contributed by atoms with van der Waals surface area (Å²) in [6.07, 6.45) is 8.47. The van der Waals surface area contributed by atoms with Gasteiger partial charge in [-0.05, 0) is 43.2 Å². The molecular weight excluding hydrogens is 368 g/mol. The molecule has 0 radical (unpaired) electrons. The molecule has 0 saturated heterocycles. The highest BCUT2D eigenvalue weighted by Gasteiger charge is 2.18. The summed E-state index contributed by atoms with van der Waals surface area (Å²) < 4.78 is 6.61. The minimum absolute atomic E-state index is 0.145. The Morgan fingerprint density at radius 3 is 2.62 bits per heavy atom. The van der Waals surface area contributed by atoms with Crippen LogP contribution in [0.4, 0.5) is 0 Å². The zero-order valence-corrected chi connectivity index (χ0v) is 17.4. The molecule has 158 valence electrons. The number of hydrogen-bond acceptors (Lipinski definition) is 5. The number of fused-ring (bicyclic) bond motifs is 1. The molecule has 6 nitrogen and oxygen atoms in total. The SMILES string of the molecule is CC(=O)OC[C@@H](C)n1ccc2c(C(O)NCC3CCCCCC3)cccc2c1=O. The first kappa shape index (κ1) is 21.5. The molecule has 0 aliphatic heterocycles. The van der Waals surface area contributed by atoms with Gasteiger partial charge in [-0.3, -0.25) is 14.9 Å². The number of rotatable bonds is 7. The van der Waals surface area contributed by atoms with Crippen molar-refractivity contribution in [1.29, 1.82) is 0 Å². The molecule has 3 rings (SSSR count). The molecule has 29 heavy (non-hydrogen) atoms. The van der Waals surface area contributed by atoms with E-state index in [2.05, 4.69) is 5.32 Å². The van der Waals surface area contributed by atoms with E-state index in [0.29, 0.717) is 16.9 Å². The number of ether oxygens (including phenoxy) is 1. The number of benzene rings is 1. The zero-order valence-electron chi connectivity index (χ0n) is 17.4. The number of esters is 1. The van der Waals surface area contributed by atoms with Crippen LogP contribution in [0, 0.1) is 5.92 Å². The number of carbonyl (C=O) groups is 1. The smallest absolute Gasteiger partial charge is 0.302 e. The van der Waals surface area contributed by atoms with Crippen molar-refractivity contribution < 1.29 is 14.6 Å². The number of pyridine rings is 1. The highest BCUT2D eigenvalue weighted by Crippen LogP contribution is 2.25.